The van der Waals surface area contributed by atoms with Crippen molar-refractivity contribution in [3.63, 3.8) is 0 Å². The zero-order chi connectivity index (χ0) is 12.2. The number of anilines is 1. The van der Waals surface area contributed by atoms with Crippen LogP contribution in [-0.2, 0) is 16.4 Å². The third-order valence-electron chi connectivity index (χ3n) is 2.37. The highest BCUT2D eigenvalue weighted by Gasteiger charge is 2.09. The second-order valence-corrected chi connectivity index (χ2v) is 6.10. The molecule has 0 aliphatic heterocycles. The van der Waals surface area contributed by atoms with Crippen LogP contribution in [-0.4, -0.2) is 39.1 Å². The SMILES string of the molecule is CN(CCS(C)(=O)=O)c1ccccc1CO. The van der Waals surface area contributed by atoms with E-state index in [1.165, 1.54) is 6.26 Å². The lowest BCUT2D eigenvalue weighted by Gasteiger charge is -2.21. The number of aliphatic hydroxyl groups is 1. The Morgan fingerprint density at radius 3 is 2.50 bits per heavy atom. The Morgan fingerprint density at radius 1 is 1.31 bits per heavy atom. The molecule has 0 spiro atoms. The standard InChI is InChI=1S/C11H17NO3S/c1-12(7-8-16(2,14)15)11-6-4-3-5-10(11)9-13/h3-6,13H,7-9H2,1-2H3. The molecule has 0 fully saturated rings. The minimum absolute atomic E-state index is 0.0423. The van der Waals surface area contributed by atoms with Crippen LogP contribution < -0.4 is 4.90 Å². The molecule has 0 aliphatic carbocycles. The van der Waals surface area contributed by atoms with Gasteiger partial charge in [0.2, 0.25) is 0 Å². The first kappa shape index (κ1) is 13.0. The van der Waals surface area contributed by atoms with Gasteiger partial charge in [-0.3, -0.25) is 0 Å². The van der Waals surface area contributed by atoms with Crippen LogP contribution in [0, 0.1) is 0 Å². The quantitative estimate of drug-likeness (QED) is 0.825. The highest BCUT2D eigenvalue weighted by Crippen LogP contribution is 2.18. The number of nitrogens with zero attached hydrogens (tertiary/aromatic N) is 1. The van der Waals surface area contributed by atoms with Gasteiger partial charge in [0.1, 0.15) is 9.84 Å². The van der Waals surface area contributed by atoms with Crippen molar-refractivity contribution >= 4 is 15.5 Å². The molecule has 0 bridgehead atoms. The molecule has 0 heterocycles. The maximum Gasteiger partial charge on any atom is 0.149 e. The number of hydrogen-bond donors (Lipinski definition) is 1. The molecule has 0 atom stereocenters. The normalized spacial score (nSPS) is 11.4. The van der Waals surface area contributed by atoms with E-state index in [0.29, 0.717) is 6.54 Å². The van der Waals surface area contributed by atoms with Crippen LogP contribution in [0.25, 0.3) is 0 Å². The van der Waals surface area contributed by atoms with E-state index in [0.717, 1.165) is 11.3 Å². The maximum atomic E-state index is 11.0. The number of rotatable bonds is 5. The van der Waals surface area contributed by atoms with Crippen molar-refractivity contribution in [1.82, 2.24) is 0 Å². The Bertz CT molecular complexity index is 442. The van der Waals surface area contributed by atoms with E-state index >= 15 is 0 Å². The maximum absolute atomic E-state index is 11.0. The van der Waals surface area contributed by atoms with Crippen molar-refractivity contribution in [3.8, 4) is 0 Å². The van der Waals surface area contributed by atoms with Gasteiger partial charge in [-0.25, -0.2) is 8.42 Å². The first-order valence-corrected chi connectivity index (χ1v) is 7.07. The molecule has 1 aromatic carbocycles. The summed E-state index contributed by atoms with van der Waals surface area (Å²) in [7, 11) is -1.13. The number of aliphatic hydroxyl groups excluding tert-OH is 1. The molecular formula is C11H17NO3S. The molecule has 0 radical (unpaired) electrons. The summed E-state index contributed by atoms with van der Waals surface area (Å²) in [6, 6.07) is 7.41. The summed E-state index contributed by atoms with van der Waals surface area (Å²) in [5, 5.41) is 9.15. The predicted molar refractivity (Wildman–Crippen MR) is 65.3 cm³/mol. The molecule has 0 saturated carbocycles. The number of para-hydroxylation sites is 1. The van der Waals surface area contributed by atoms with Crippen LogP contribution in [0.5, 0.6) is 0 Å². The first-order chi connectivity index (χ1) is 7.44. The van der Waals surface area contributed by atoms with Crippen LogP contribution in [0.4, 0.5) is 5.69 Å². The van der Waals surface area contributed by atoms with Gasteiger partial charge in [0.25, 0.3) is 0 Å². The van der Waals surface area contributed by atoms with E-state index in [1.54, 1.807) is 0 Å². The summed E-state index contributed by atoms with van der Waals surface area (Å²) < 4.78 is 22.1. The Balaban J connectivity index is 2.76. The highest BCUT2D eigenvalue weighted by atomic mass is 32.2. The van der Waals surface area contributed by atoms with Gasteiger partial charge in [-0.05, 0) is 6.07 Å². The van der Waals surface area contributed by atoms with Gasteiger partial charge in [-0.15, -0.1) is 0 Å². The molecule has 16 heavy (non-hydrogen) atoms. The van der Waals surface area contributed by atoms with Crippen molar-refractivity contribution in [2.75, 3.05) is 30.5 Å². The molecule has 90 valence electrons. The summed E-state index contributed by atoms with van der Waals surface area (Å²) >= 11 is 0. The van der Waals surface area contributed by atoms with E-state index in [2.05, 4.69) is 0 Å². The third kappa shape index (κ3) is 3.83. The Labute approximate surface area is 96.4 Å². The van der Waals surface area contributed by atoms with E-state index in [9.17, 15) is 8.42 Å². The number of hydrogen-bond acceptors (Lipinski definition) is 4. The zero-order valence-corrected chi connectivity index (χ0v) is 10.4. The van der Waals surface area contributed by atoms with E-state index in [-0.39, 0.29) is 12.4 Å². The van der Waals surface area contributed by atoms with Crippen LogP contribution in [0.1, 0.15) is 5.56 Å². The molecular weight excluding hydrogens is 226 g/mol. The monoisotopic (exact) mass is 243 g/mol. The predicted octanol–water partition coefficient (Wildman–Crippen LogP) is 0.660. The van der Waals surface area contributed by atoms with Gasteiger partial charge in [0.15, 0.2) is 0 Å². The Kier molecular flexibility index (Phi) is 4.32. The second kappa shape index (κ2) is 5.32. The summed E-state index contributed by atoms with van der Waals surface area (Å²) in [4.78, 5) is 1.84. The van der Waals surface area contributed by atoms with Gasteiger partial charge in [0, 0.05) is 31.1 Å². The Hall–Kier alpha value is -1.07. The molecule has 0 saturated heterocycles. The van der Waals surface area contributed by atoms with Crippen LogP contribution in [0.3, 0.4) is 0 Å². The fourth-order valence-corrected chi connectivity index (χ4v) is 2.05. The van der Waals surface area contributed by atoms with Crippen LogP contribution in [0.15, 0.2) is 24.3 Å². The molecule has 1 aromatic rings. The lowest BCUT2D eigenvalue weighted by atomic mass is 10.2. The summed E-state index contributed by atoms with van der Waals surface area (Å²) in [6.07, 6.45) is 1.22. The largest absolute Gasteiger partial charge is 0.392 e. The molecule has 0 aromatic heterocycles. The van der Waals surface area contributed by atoms with Crippen molar-refractivity contribution < 1.29 is 13.5 Å². The fraction of sp³-hybridized carbons (Fsp3) is 0.455. The molecule has 0 aliphatic rings. The average molecular weight is 243 g/mol. The fourth-order valence-electron chi connectivity index (χ4n) is 1.44. The molecule has 5 heteroatoms. The van der Waals surface area contributed by atoms with E-state index in [1.807, 2.05) is 36.2 Å². The topological polar surface area (TPSA) is 57.6 Å². The molecule has 0 unspecified atom stereocenters. The highest BCUT2D eigenvalue weighted by molar-refractivity contribution is 7.90. The minimum Gasteiger partial charge on any atom is -0.392 e. The zero-order valence-electron chi connectivity index (χ0n) is 9.55. The minimum atomic E-state index is -2.95. The summed E-state index contributed by atoms with van der Waals surface area (Å²) in [5.41, 5.74) is 1.67. The van der Waals surface area contributed by atoms with Gasteiger partial charge in [-0.1, -0.05) is 18.2 Å². The van der Waals surface area contributed by atoms with Crippen LogP contribution in [0.2, 0.25) is 0 Å². The Morgan fingerprint density at radius 2 is 1.94 bits per heavy atom. The second-order valence-electron chi connectivity index (χ2n) is 3.84. The molecule has 4 nitrogen and oxygen atoms in total. The van der Waals surface area contributed by atoms with Gasteiger partial charge < -0.3 is 10.0 Å². The van der Waals surface area contributed by atoms with Crippen LogP contribution >= 0.6 is 0 Å². The third-order valence-corrected chi connectivity index (χ3v) is 3.29. The molecule has 1 N–H and O–H groups in total. The summed E-state index contributed by atoms with van der Waals surface area (Å²) in [6.45, 7) is 0.384. The lowest BCUT2D eigenvalue weighted by Crippen LogP contribution is -2.25. The van der Waals surface area contributed by atoms with Gasteiger partial charge in [-0.2, -0.15) is 0 Å². The number of benzene rings is 1. The first-order valence-electron chi connectivity index (χ1n) is 5.01. The van der Waals surface area contributed by atoms with Crippen molar-refractivity contribution in [3.05, 3.63) is 29.8 Å². The lowest BCUT2D eigenvalue weighted by molar-refractivity contribution is 0.282. The molecule has 0 amide bonds. The van der Waals surface area contributed by atoms with E-state index in [4.69, 9.17) is 5.11 Å². The summed E-state index contributed by atoms with van der Waals surface area (Å²) in [5.74, 6) is 0.114. The van der Waals surface area contributed by atoms with Crippen molar-refractivity contribution in [2.24, 2.45) is 0 Å². The van der Waals surface area contributed by atoms with Gasteiger partial charge in [0.05, 0.1) is 12.4 Å². The molecule has 1 rings (SSSR count). The smallest absolute Gasteiger partial charge is 0.149 e. The van der Waals surface area contributed by atoms with Gasteiger partial charge >= 0.3 is 0 Å². The number of sulfone groups is 1. The van der Waals surface area contributed by atoms with E-state index < -0.39 is 9.84 Å². The van der Waals surface area contributed by atoms with Crippen molar-refractivity contribution in [2.45, 2.75) is 6.61 Å². The van der Waals surface area contributed by atoms with Crippen molar-refractivity contribution in [1.29, 1.82) is 0 Å². The average Bonchev–Trinajstić information content (AvgIpc) is 2.25.